The van der Waals surface area contributed by atoms with Crippen molar-refractivity contribution in [1.29, 1.82) is 0 Å². The van der Waals surface area contributed by atoms with E-state index < -0.39 is 6.10 Å². The van der Waals surface area contributed by atoms with Crippen molar-refractivity contribution in [2.45, 2.75) is 44.6 Å². The summed E-state index contributed by atoms with van der Waals surface area (Å²) in [5.41, 5.74) is 2.16. The zero-order valence-electron chi connectivity index (χ0n) is 15.8. The molecule has 0 amide bonds. The molecule has 3 heteroatoms. The Morgan fingerprint density at radius 1 is 0.923 bits per heavy atom. The molecule has 1 aliphatic rings. The van der Waals surface area contributed by atoms with Crippen molar-refractivity contribution in [1.82, 2.24) is 4.90 Å². The number of aliphatic hydroxyl groups is 1. The van der Waals surface area contributed by atoms with Gasteiger partial charge in [0.25, 0.3) is 0 Å². The Bertz CT molecular complexity index is 635. The predicted molar refractivity (Wildman–Crippen MR) is 107 cm³/mol. The average Bonchev–Trinajstić information content (AvgIpc) is 2.72. The Hall–Kier alpha value is -1.84. The first kappa shape index (κ1) is 18.9. The summed E-state index contributed by atoms with van der Waals surface area (Å²) in [6, 6.07) is 18.4. The van der Waals surface area contributed by atoms with Gasteiger partial charge in [-0.25, -0.2) is 0 Å². The Morgan fingerprint density at radius 2 is 1.62 bits per heavy atom. The van der Waals surface area contributed by atoms with Gasteiger partial charge in [0, 0.05) is 12.5 Å². The van der Waals surface area contributed by atoms with Gasteiger partial charge in [-0.1, -0.05) is 55.8 Å². The lowest BCUT2D eigenvalue weighted by Gasteiger charge is -2.33. The van der Waals surface area contributed by atoms with Crippen molar-refractivity contribution in [2.75, 3.05) is 26.2 Å². The van der Waals surface area contributed by atoms with Crippen LogP contribution < -0.4 is 4.74 Å². The van der Waals surface area contributed by atoms with E-state index in [2.05, 4.69) is 36.1 Å². The number of aliphatic hydroxyl groups excluding tert-OH is 1. The predicted octanol–water partition coefficient (Wildman–Crippen LogP) is 4.78. The maximum Gasteiger partial charge on any atom is 0.119 e. The van der Waals surface area contributed by atoms with Gasteiger partial charge in [0.1, 0.15) is 5.75 Å². The number of benzene rings is 2. The first-order valence-corrected chi connectivity index (χ1v) is 9.96. The van der Waals surface area contributed by atoms with Crippen molar-refractivity contribution >= 4 is 0 Å². The van der Waals surface area contributed by atoms with Crippen molar-refractivity contribution in [2.24, 2.45) is 0 Å². The molecule has 0 saturated carbocycles. The Kier molecular flexibility index (Phi) is 7.10. The van der Waals surface area contributed by atoms with Crippen LogP contribution in [-0.2, 0) is 0 Å². The molecule has 3 rings (SSSR count). The SMILES string of the molecule is CCCOc1ccc([C@H](O)[C@H](CN2CCCCC2)c2ccccc2)cc1. The van der Waals surface area contributed by atoms with Crippen LogP contribution in [0.2, 0.25) is 0 Å². The highest BCUT2D eigenvalue weighted by molar-refractivity contribution is 5.32. The molecule has 2 aromatic carbocycles. The molecule has 1 aliphatic heterocycles. The van der Waals surface area contributed by atoms with Gasteiger partial charge in [-0.3, -0.25) is 0 Å². The van der Waals surface area contributed by atoms with Gasteiger partial charge in [-0.15, -0.1) is 0 Å². The van der Waals surface area contributed by atoms with Gasteiger partial charge in [-0.05, 0) is 55.6 Å². The number of rotatable bonds is 8. The van der Waals surface area contributed by atoms with E-state index in [1.807, 2.05) is 30.3 Å². The van der Waals surface area contributed by atoms with Crippen LogP contribution in [-0.4, -0.2) is 36.2 Å². The second-order valence-corrected chi connectivity index (χ2v) is 7.24. The quantitative estimate of drug-likeness (QED) is 0.741. The highest BCUT2D eigenvalue weighted by Crippen LogP contribution is 2.33. The molecule has 2 atom stereocenters. The summed E-state index contributed by atoms with van der Waals surface area (Å²) in [5.74, 6) is 0.951. The second kappa shape index (κ2) is 9.75. The summed E-state index contributed by atoms with van der Waals surface area (Å²) >= 11 is 0. The van der Waals surface area contributed by atoms with Crippen LogP contribution in [0, 0.1) is 0 Å². The van der Waals surface area contributed by atoms with Crippen LogP contribution >= 0.6 is 0 Å². The molecular weight excluding hydrogens is 322 g/mol. The summed E-state index contributed by atoms with van der Waals surface area (Å²) in [5, 5.41) is 11.2. The van der Waals surface area contributed by atoms with Gasteiger partial charge in [0.15, 0.2) is 0 Å². The molecular formula is C23H31NO2. The largest absolute Gasteiger partial charge is 0.494 e. The first-order chi connectivity index (χ1) is 12.8. The summed E-state index contributed by atoms with van der Waals surface area (Å²) in [6.45, 7) is 6.01. The van der Waals surface area contributed by atoms with Crippen LogP contribution in [0.5, 0.6) is 5.75 Å². The molecule has 140 valence electrons. The smallest absolute Gasteiger partial charge is 0.119 e. The van der Waals surface area contributed by atoms with Crippen molar-refractivity contribution in [3.63, 3.8) is 0 Å². The monoisotopic (exact) mass is 353 g/mol. The van der Waals surface area contributed by atoms with Crippen LogP contribution in [0.4, 0.5) is 0 Å². The number of nitrogens with zero attached hydrogens (tertiary/aromatic N) is 1. The van der Waals surface area contributed by atoms with E-state index in [0.29, 0.717) is 0 Å². The molecule has 0 unspecified atom stereocenters. The lowest BCUT2D eigenvalue weighted by atomic mass is 9.88. The van der Waals surface area contributed by atoms with E-state index >= 15 is 0 Å². The normalized spacial score (nSPS) is 17.6. The molecule has 26 heavy (non-hydrogen) atoms. The standard InChI is InChI=1S/C23H31NO2/c1-2-17-26-21-13-11-20(12-14-21)23(25)22(19-9-5-3-6-10-19)18-24-15-7-4-8-16-24/h3,5-6,9-14,22-23,25H,2,4,7-8,15-18H2,1H3/t22-,23+/m1/s1. The van der Waals surface area contributed by atoms with Gasteiger partial charge < -0.3 is 14.7 Å². The zero-order valence-corrected chi connectivity index (χ0v) is 15.8. The van der Waals surface area contributed by atoms with Gasteiger partial charge in [0.05, 0.1) is 12.7 Å². The topological polar surface area (TPSA) is 32.7 Å². The van der Waals surface area contributed by atoms with Crippen LogP contribution in [0.3, 0.4) is 0 Å². The lowest BCUT2D eigenvalue weighted by molar-refractivity contribution is 0.109. The van der Waals surface area contributed by atoms with Crippen LogP contribution in [0.1, 0.15) is 55.8 Å². The summed E-state index contributed by atoms with van der Waals surface area (Å²) in [4.78, 5) is 2.50. The van der Waals surface area contributed by atoms with E-state index in [0.717, 1.165) is 44.0 Å². The van der Waals surface area contributed by atoms with E-state index in [-0.39, 0.29) is 5.92 Å². The second-order valence-electron chi connectivity index (χ2n) is 7.24. The third-order valence-corrected chi connectivity index (χ3v) is 5.21. The number of ether oxygens (including phenoxy) is 1. The minimum atomic E-state index is -0.514. The van der Waals surface area contributed by atoms with Gasteiger partial charge in [-0.2, -0.15) is 0 Å². The summed E-state index contributed by atoms with van der Waals surface area (Å²) in [7, 11) is 0. The fraction of sp³-hybridized carbons (Fsp3) is 0.478. The molecule has 0 radical (unpaired) electrons. The molecule has 1 fully saturated rings. The number of likely N-dealkylation sites (tertiary alicyclic amines) is 1. The van der Waals surface area contributed by atoms with Crippen molar-refractivity contribution in [3.05, 3.63) is 65.7 Å². The molecule has 3 nitrogen and oxygen atoms in total. The van der Waals surface area contributed by atoms with E-state index in [4.69, 9.17) is 4.74 Å². The Labute approximate surface area is 157 Å². The van der Waals surface area contributed by atoms with Gasteiger partial charge >= 0.3 is 0 Å². The zero-order chi connectivity index (χ0) is 18.2. The van der Waals surface area contributed by atoms with Gasteiger partial charge in [0.2, 0.25) is 0 Å². The average molecular weight is 354 g/mol. The summed E-state index contributed by atoms with van der Waals surface area (Å²) in [6.07, 6.45) is 4.34. The molecule has 2 aromatic rings. The fourth-order valence-corrected chi connectivity index (χ4v) is 3.72. The third kappa shape index (κ3) is 5.09. The highest BCUT2D eigenvalue weighted by atomic mass is 16.5. The van der Waals surface area contributed by atoms with Crippen LogP contribution in [0.15, 0.2) is 54.6 Å². The van der Waals surface area contributed by atoms with E-state index in [9.17, 15) is 5.11 Å². The maximum atomic E-state index is 11.2. The number of hydrogen-bond acceptors (Lipinski definition) is 3. The Morgan fingerprint density at radius 3 is 2.27 bits per heavy atom. The van der Waals surface area contributed by atoms with E-state index in [1.54, 1.807) is 0 Å². The molecule has 0 spiro atoms. The van der Waals surface area contributed by atoms with Crippen molar-refractivity contribution < 1.29 is 9.84 Å². The lowest BCUT2D eigenvalue weighted by Crippen LogP contribution is -2.35. The van der Waals surface area contributed by atoms with Crippen LogP contribution in [0.25, 0.3) is 0 Å². The molecule has 0 aliphatic carbocycles. The van der Waals surface area contributed by atoms with Crippen molar-refractivity contribution in [3.8, 4) is 5.75 Å². The number of piperidine rings is 1. The Balaban J connectivity index is 1.76. The highest BCUT2D eigenvalue weighted by Gasteiger charge is 2.26. The molecule has 0 bridgehead atoms. The fourth-order valence-electron chi connectivity index (χ4n) is 3.72. The third-order valence-electron chi connectivity index (χ3n) is 5.21. The molecule has 1 N–H and O–H groups in total. The first-order valence-electron chi connectivity index (χ1n) is 9.96. The summed E-state index contributed by atoms with van der Waals surface area (Å²) < 4.78 is 5.67. The number of hydrogen-bond donors (Lipinski definition) is 1. The minimum Gasteiger partial charge on any atom is -0.494 e. The molecule has 0 aromatic heterocycles. The van der Waals surface area contributed by atoms with E-state index in [1.165, 1.54) is 24.8 Å². The minimum absolute atomic E-state index is 0.0803. The molecule has 1 heterocycles. The molecule has 1 saturated heterocycles. The maximum absolute atomic E-state index is 11.2.